The third-order valence-electron chi connectivity index (χ3n) is 3.50. The molecule has 0 radical (unpaired) electrons. The van der Waals surface area contributed by atoms with Crippen molar-refractivity contribution in [1.29, 1.82) is 0 Å². The third-order valence-corrected chi connectivity index (χ3v) is 6.64. The number of phenolic OH excluding ortho intramolecular Hbond substituents is 1. The summed E-state index contributed by atoms with van der Waals surface area (Å²) in [5, 5.41) is 13.3. The first kappa shape index (κ1) is 17.1. The van der Waals surface area contributed by atoms with Gasteiger partial charge in [0.1, 0.15) is 0 Å². The van der Waals surface area contributed by atoms with Crippen molar-refractivity contribution in [3.63, 3.8) is 0 Å². The van der Waals surface area contributed by atoms with Gasteiger partial charge < -0.3 is 0 Å². The molecule has 0 aliphatic heterocycles. The van der Waals surface area contributed by atoms with E-state index in [0.717, 1.165) is 17.9 Å². The zero-order chi connectivity index (χ0) is 15.8. The minimum atomic E-state index is -0.114. The number of aromatic hydroxyl groups is 1. The Morgan fingerprint density at radius 3 is 2.55 bits per heavy atom. The molecule has 0 amide bonds. The molecule has 4 heteroatoms. The van der Waals surface area contributed by atoms with Gasteiger partial charge in [-0.2, -0.15) is 0 Å². The van der Waals surface area contributed by atoms with Crippen molar-refractivity contribution in [1.82, 2.24) is 5.32 Å². The van der Waals surface area contributed by atoms with Crippen LogP contribution in [0.15, 0.2) is 48.5 Å². The summed E-state index contributed by atoms with van der Waals surface area (Å²) in [6.45, 7) is 3.08. The molecule has 0 bridgehead atoms. The summed E-state index contributed by atoms with van der Waals surface area (Å²) in [6.07, 6.45) is 1.17. The summed E-state index contributed by atoms with van der Waals surface area (Å²) in [7, 11) is 1.70. The van der Waals surface area contributed by atoms with Gasteiger partial charge in [-0.1, -0.05) is 0 Å². The van der Waals surface area contributed by atoms with Crippen LogP contribution in [-0.4, -0.2) is 39.7 Å². The van der Waals surface area contributed by atoms with Crippen molar-refractivity contribution in [2.75, 3.05) is 13.7 Å². The number of ether oxygens (including phenoxy) is 1. The fraction of sp³-hybridized carbons (Fsp3) is 0.333. The third kappa shape index (κ3) is 5.21. The summed E-state index contributed by atoms with van der Waals surface area (Å²) in [5.41, 5.74) is 0.967. The average Bonchev–Trinajstić information content (AvgIpc) is 2.55. The molecule has 2 rings (SSSR count). The van der Waals surface area contributed by atoms with Gasteiger partial charge in [0.05, 0.1) is 0 Å². The van der Waals surface area contributed by atoms with Crippen molar-refractivity contribution in [2.45, 2.75) is 23.9 Å². The number of methoxy groups -OCH3 is 1. The van der Waals surface area contributed by atoms with Crippen LogP contribution in [0.4, 0.5) is 0 Å². The van der Waals surface area contributed by atoms with Crippen LogP contribution in [-0.2, 0) is 0 Å². The summed E-state index contributed by atoms with van der Waals surface area (Å²) in [6, 6.07) is 16.1. The second kappa shape index (κ2) is 9.05. The maximum absolute atomic E-state index is 9.83. The van der Waals surface area contributed by atoms with Crippen LogP contribution >= 0.6 is 0 Å². The molecule has 0 aromatic heterocycles. The Hall–Kier alpha value is -1.21. The number of phenols is 1. The number of para-hydroxylation sites is 1. The van der Waals surface area contributed by atoms with Gasteiger partial charge >= 0.3 is 143 Å². The van der Waals surface area contributed by atoms with Crippen molar-refractivity contribution < 1.29 is 9.84 Å². The van der Waals surface area contributed by atoms with Crippen molar-refractivity contribution >= 4 is 24.5 Å². The van der Waals surface area contributed by atoms with Gasteiger partial charge in [0, 0.05) is 0 Å². The Kier molecular flexibility index (Phi) is 7.05. The molecule has 0 saturated heterocycles. The van der Waals surface area contributed by atoms with Gasteiger partial charge in [0.15, 0.2) is 0 Å². The zero-order valence-corrected chi connectivity index (χ0v) is 15.4. The molecule has 0 aliphatic carbocycles. The van der Waals surface area contributed by atoms with E-state index in [2.05, 4.69) is 24.4 Å². The van der Waals surface area contributed by atoms with Crippen LogP contribution in [0.5, 0.6) is 11.5 Å². The predicted octanol–water partition coefficient (Wildman–Crippen LogP) is 2.89. The molecule has 2 N–H and O–H groups in total. The number of rotatable bonds is 8. The standard InChI is InChI=1S/C18H23NO2Te/c1-14(17-6-3-4-7-18(17)20)19-12-5-13-22-16-10-8-15(21-2)9-11-16/h3-4,6-11,14,19-20H,5,12-13H2,1-2H3. The topological polar surface area (TPSA) is 41.5 Å². The van der Waals surface area contributed by atoms with Crippen LogP contribution in [0.1, 0.15) is 24.9 Å². The number of hydrogen-bond acceptors (Lipinski definition) is 3. The van der Waals surface area contributed by atoms with Crippen LogP contribution < -0.4 is 13.7 Å². The van der Waals surface area contributed by atoms with Crippen molar-refractivity contribution in [3.05, 3.63) is 54.1 Å². The molecule has 0 fully saturated rings. The van der Waals surface area contributed by atoms with Gasteiger partial charge in [0.25, 0.3) is 0 Å². The predicted molar refractivity (Wildman–Crippen MR) is 92.3 cm³/mol. The molecule has 2 aromatic rings. The van der Waals surface area contributed by atoms with Crippen LogP contribution in [0.3, 0.4) is 0 Å². The molecule has 0 saturated carbocycles. The quantitative estimate of drug-likeness (QED) is 0.517. The summed E-state index contributed by atoms with van der Waals surface area (Å²) in [4.78, 5) is 0. The zero-order valence-electron chi connectivity index (χ0n) is 13.1. The van der Waals surface area contributed by atoms with Gasteiger partial charge in [-0.25, -0.2) is 0 Å². The first-order valence-corrected chi connectivity index (χ1v) is 10.3. The van der Waals surface area contributed by atoms with Crippen LogP contribution in [0, 0.1) is 0 Å². The summed E-state index contributed by atoms with van der Waals surface area (Å²) >= 11 is -0.114. The molecule has 3 nitrogen and oxygen atoms in total. The van der Waals surface area contributed by atoms with E-state index in [4.69, 9.17) is 4.74 Å². The molecular weight excluding hydrogens is 390 g/mol. The second-order valence-electron chi connectivity index (χ2n) is 5.11. The SMILES string of the molecule is COc1ccc([Te]CCCNC(C)c2ccccc2O)cc1. The first-order chi connectivity index (χ1) is 10.7. The maximum atomic E-state index is 9.83. The van der Waals surface area contributed by atoms with Crippen molar-refractivity contribution in [2.24, 2.45) is 0 Å². The number of nitrogens with one attached hydrogen (secondary N) is 1. The number of hydrogen-bond donors (Lipinski definition) is 2. The van der Waals surface area contributed by atoms with E-state index < -0.39 is 0 Å². The van der Waals surface area contributed by atoms with E-state index in [0.29, 0.717) is 5.75 Å². The van der Waals surface area contributed by atoms with Gasteiger partial charge in [-0.3, -0.25) is 0 Å². The molecule has 118 valence electrons. The second-order valence-corrected chi connectivity index (χ2v) is 8.45. The molecular formula is C18H23NO2Te. The van der Waals surface area contributed by atoms with Gasteiger partial charge in [0.2, 0.25) is 0 Å². The van der Waals surface area contributed by atoms with E-state index in [-0.39, 0.29) is 27.0 Å². The normalized spacial score (nSPS) is 12.1. The Morgan fingerprint density at radius 1 is 1.14 bits per heavy atom. The van der Waals surface area contributed by atoms with E-state index in [1.807, 2.05) is 30.3 Å². The van der Waals surface area contributed by atoms with Crippen LogP contribution in [0.25, 0.3) is 0 Å². The molecule has 1 atom stereocenters. The Balaban J connectivity index is 1.67. The Morgan fingerprint density at radius 2 is 1.86 bits per heavy atom. The van der Waals surface area contributed by atoms with Gasteiger partial charge in [-0.15, -0.1) is 0 Å². The molecule has 0 aliphatic rings. The van der Waals surface area contributed by atoms with E-state index in [1.165, 1.54) is 14.5 Å². The molecule has 2 aromatic carbocycles. The molecule has 0 heterocycles. The van der Waals surface area contributed by atoms with Crippen molar-refractivity contribution in [3.8, 4) is 11.5 Å². The molecule has 0 spiro atoms. The fourth-order valence-corrected chi connectivity index (χ4v) is 4.65. The van der Waals surface area contributed by atoms with Gasteiger partial charge in [-0.05, 0) is 0 Å². The first-order valence-electron chi connectivity index (χ1n) is 7.49. The summed E-state index contributed by atoms with van der Waals surface area (Å²) in [5.74, 6) is 1.30. The molecule has 22 heavy (non-hydrogen) atoms. The van der Waals surface area contributed by atoms with E-state index in [1.54, 1.807) is 13.2 Å². The fourth-order valence-electron chi connectivity index (χ4n) is 2.22. The minimum absolute atomic E-state index is 0.114. The monoisotopic (exact) mass is 415 g/mol. The Bertz CT molecular complexity index is 572. The Labute approximate surface area is 142 Å². The molecule has 1 unspecified atom stereocenters. The van der Waals surface area contributed by atoms with E-state index >= 15 is 0 Å². The number of benzene rings is 2. The van der Waals surface area contributed by atoms with E-state index in [9.17, 15) is 5.11 Å². The average molecular weight is 413 g/mol. The van der Waals surface area contributed by atoms with Crippen LogP contribution in [0.2, 0.25) is 4.47 Å². The summed E-state index contributed by atoms with van der Waals surface area (Å²) < 4.78 is 7.92.